The van der Waals surface area contributed by atoms with E-state index in [-0.39, 0.29) is 16.7 Å². The quantitative estimate of drug-likeness (QED) is 0.359. The molecule has 2 N–H and O–H groups in total. The zero-order valence-corrected chi connectivity index (χ0v) is 20.7. The van der Waals surface area contributed by atoms with Crippen LogP contribution in [0.25, 0.3) is 11.3 Å². The zero-order chi connectivity index (χ0) is 24.6. The van der Waals surface area contributed by atoms with E-state index in [0.29, 0.717) is 22.9 Å². The van der Waals surface area contributed by atoms with Crippen molar-refractivity contribution >= 4 is 33.3 Å². The first kappa shape index (κ1) is 23.1. The first-order valence-corrected chi connectivity index (χ1v) is 12.9. The third-order valence-corrected chi connectivity index (χ3v) is 7.35. The summed E-state index contributed by atoms with van der Waals surface area (Å²) in [4.78, 5) is 9.06. The number of nitrogens with zero attached hydrogens (tertiary/aromatic N) is 2. The Morgan fingerprint density at radius 3 is 2.46 bits per heavy atom. The van der Waals surface area contributed by atoms with E-state index in [1.165, 1.54) is 6.07 Å². The lowest BCUT2D eigenvalue weighted by Gasteiger charge is -2.22. The molecule has 5 rings (SSSR count). The van der Waals surface area contributed by atoms with Crippen LogP contribution in [0.2, 0.25) is 5.02 Å². The molecule has 1 atom stereocenters. The second kappa shape index (κ2) is 9.20. The van der Waals surface area contributed by atoms with Crippen molar-refractivity contribution < 1.29 is 13.2 Å². The van der Waals surface area contributed by atoms with Gasteiger partial charge in [-0.25, -0.2) is 18.1 Å². The number of aryl methyl sites for hydroxylation is 2. The van der Waals surface area contributed by atoms with E-state index in [0.717, 1.165) is 22.3 Å². The zero-order valence-electron chi connectivity index (χ0n) is 19.1. The predicted molar refractivity (Wildman–Crippen MR) is 138 cm³/mol. The minimum atomic E-state index is -3.93. The molecule has 0 saturated carbocycles. The number of benzene rings is 3. The van der Waals surface area contributed by atoms with E-state index in [2.05, 4.69) is 20.0 Å². The van der Waals surface area contributed by atoms with E-state index in [9.17, 15) is 8.42 Å². The van der Waals surface area contributed by atoms with Crippen molar-refractivity contribution in [1.29, 1.82) is 0 Å². The summed E-state index contributed by atoms with van der Waals surface area (Å²) < 4.78 is 35.1. The van der Waals surface area contributed by atoms with Gasteiger partial charge in [0, 0.05) is 22.3 Å². The predicted octanol–water partition coefficient (Wildman–Crippen LogP) is 5.76. The van der Waals surface area contributed by atoms with Crippen molar-refractivity contribution in [3.63, 3.8) is 0 Å². The fourth-order valence-corrected chi connectivity index (χ4v) is 5.31. The largest absolute Gasteiger partial charge is 0.467 e. The van der Waals surface area contributed by atoms with Crippen molar-refractivity contribution in [2.75, 3.05) is 16.6 Å². The molecule has 4 aromatic rings. The molecule has 4 bridgehead atoms. The Labute approximate surface area is 209 Å². The van der Waals surface area contributed by atoms with Gasteiger partial charge in [-0.05, 0) is 60.9 Å². The van der Waals surface area contributed by atoms with Crippen molar-refractivity contribution in [3.05, 3.63) is 94.5 Å². The summed E-state index contributed by atoms with van der Waals surface area (Å²) in [7, 11) is -3.93. The Morgan fingerprint density at radius 1 is 0.943 bits per heavy atom. The van der Waals surface area contributed by atoms with Gasteiger partial charge >= 0.3 is 0 Å². The van der Waals surface area contributed by atoms with Crippen LogP contribution in [0.15, 0.2) is 77.7 Å². The van der Waals surface area contributed by atoms with E-state index in [4.69, 9.17) is 16.3 Å². The number of fused-ring (bicyclic) bond motifs is 4. The molecule has 3 aromatic carbocycles. The van der Waals surface area contributed by atoms with Crippen LogP contribution in [0.4, 0.5) is 11.6 Å². The molecular formula is C26H23ClN4O3S. The van der Waals surface area contributed by atoms with Crippen LogP contribution >= 0.6 is 11.6 Å². The second-order valence-corrected chi connectivity index (χ2v) is 10.5. The molecule has 1 aliphatic heterocycles. The highest BCUT2D eigenvalue weighted by molar-refractivity contribution is 7.92. The SMILES string of the molecule is Cc1cccc(C)c1-c1cc2nc(n1)NS(=O)(=O)c1cccc(c1)NCC(c1cccc(Cl)c1)O2. The Morgan fingerprint density at radius 2 is 1.69 bits per heavy atom. The number of aromatic nitrogens is 2. The van der Waals surface area contributed by atoms with E-state index < -0.39 is 16.1 Å². The normalized spacial score (nSPS) is 16.6. The number of anilines is 2. The van der Waals surface area contributed by atoms with Crippen molar-refractivity contribution in [2.45, 2.75) is 24.8 Å². The van der Waals surface area contributed by atoms with Crippen LogP contribution in [0.1, 0.15) is 22.8 Å². The average Bonchev–Trinajstić information content (AvgIpc) is 2.81. The van der Waals surface area contributed by atoms with Crippen molar-refractivity contribution in [3.8, 4) is 17.1 Å². The first-order chi connectivity index (χ1) is 16.8. The van der Waals surface area contributed by atoms with E-state index in [1.54, 1.807) is 30.3 Å². The number of sulfonamides is 1. The molecule has 7 nitrogen and oxygen atoms in total. The summed E-state index contributed by atoms with van der Waals surface area (Å²) in [5, 5.41) is 3.87. The van der Waals surface area contributed by atoms with Gasteiger partial charge in [0.2, 0.25) is 11.8 Å². The fourth-order valence-electron chi connectivity index (χ4n) is 4.12. The van der Waals surface area contributed by atoms with E-state index in [1.807, 2.05) is 50.2 Å². The summed E-state index contributed by atoms with van der Waals surface area (Å²) in [5.41, 5.74) is 4.96. The fraction of sp³-hybridized carbons (Fsp3) is 0.154. The molecule has 1 unspecified atom stereocenters. The molecule has 178 valence electrons. The molecule has 35 heavy (non-hydrogen) atoms. The van der Waals surface area contributed by atoms with Crippen LogP contribution in [0, 0.1) is 13.8 Å². The first-order valence-electron chi connectivity index (χ1n) is 11.0. The summed E-state index contributed by atoms with van der Waals surface area (Å²) in [5.74, 6) is 0.176. The summed E-state index contributed by atoms with van der Waals surface area (Å²) >= 11 is 6.26. The highest BCUT2D eigenvalue weighted by atomic mass is 35.5. The molecule has 0 spiro atoms. The smallest absolute Gasteiger partial charge is 0.264 e. The average molecular weight is 507 g/mol. The highest BCUT2D eigenvalue weighted by Crippen LogP contribution is 2.32. The monoisotopic (exact) mass is 506 g/mol. The highest BCUT2D eigenvalue weighted by Gasteiger charge is 2.22. The second-order valence-electron chi connectivity index (χ2n) is 8.36. The molecule has 2 heterocycles. The van der Waals surface area contributed by atoms with Gasteiger partial charge in [-0.15, -0.1) is 0 Å². The molecular weight excluding hydrogens is 484 g/mol. The van der Waals surface area contributed by atoms with Crippen LogP contribution < -0.4 is 14.8 Å². The summed E-state index contributed by atoms with van der Waals surface area (Å²) in [6.07, 6.45) is -0.457. The number of nitrogens with one attached hydrogen (secondary N) is 2. The van der Waals surface area contributed by atoms with Crippen LogP contribution in [0.3, 0.4) is 0 Å². The minimum Gasteiger partial charge on any atom is -0.467 e. The van der Waals surface area contributed by atoms with Crippen LogP contribution in [-0.2, 0) is 10.0 Å². The van der Waals surface area contributed by atoms with E-state index >= 15 is 0 Å². The molecule has 9 heteroatoms. The summed E-state index contributed by atoms with van der Waals surface area (Å²) in [6, 6.07) is 21.7. The molecule has 0 amide bonds. The van der Waals surface area contributed by atoms with Crippen LogP contribution in [-0.4, -0.2) is 24.9 Å². The van der Waals surface area contributed by atoms with Crippen LogP contribution in [0.5, 0.6) is 5.88 Å². The van der Waals surface area contributed by atoms with Gasteiger partial charge in [-0.3, -0.25) is 0 Å². The van der Waals surface area contributed by atoms with Crippen molar-refractivity contribution in [2.24, 2.45) is 0 Å². The Hall–Kier alpha value is -3.62. The molecule has 1 aromatic heterocycles. The number of hydrogen-bond donors (Lipinski definition) is 2. The van der Waals surface area contributed by atoms with Gasteiger partial charge in [-0.1, -0.05) is 48.0 Å². The number of halogens is 1. The lowest BCUT2D eigenvalue weighted by atomic mass is 10.00. The lowest BCUT2D eigenvalue weighted by Crippen LogP contribution is -2.21. The maximum atomic E-state index is 13.1. The van der Waals surface area contributed by atoms with Gasteiger partial charge in [0.25, 0.3) is 10.0 Å². The summed E-state index contributed by atoms with van der Waals surface area (Å²) in [6.45, 7) is 4.32. The Bertz CT molecular complexity index is 1500. The van der Waals surface area contributed by atoms with Gasteiger partial charge in [0.15, 0.2) is 0 Å². The molecule has 1 aliphatic rings. The van der Waals surface area contributed by atoms with Gasteiger partial charge < -0.3 is 10.1 Å². The standard InChI is InChI=1S/C26H23ClN4O3S/c1-16-6-3-7-17(2)25(16)22-14-24-30-26(29-22)31-35(32,33)21-11-5-10-20(13-21)28-15-23(34-24)18-8-4-9-19(27)12-18/h3-14,23,28H,15H2,1-2H3,(H,29,30,31). The third kappa shape index (κ3) is 4.94. The molecule has 0 radical (unpaired) electrons. The minimum absolute atomic E-state index is 0.0658. The van der Waals surface area contributed by atoms with Crippen molar-refractivity contribution in [1.82, 2.24) is 9.97 Å². The number of hydrogen-bond acceptors (Lipinski definition) is 6. The Kier molecular flexibility index (Phi) is 6.08. The number of rotatable bonds is 2. The van der Waals surface area contributed by atoms with Gasteiger partial charge in [0.1, 0.15) is 6.10 Å². The maximum absolute atomic E-state index is 13.1. The topological polar surface area (TPSA) is 93.2 Å². The number of ether oxygens (including phenoxy) is 1. The molecule has 0 aliphatic carbocycles. The Balaban J connectivity index is 1.69. The third-order valence-electron chi connectivity index (χ3n) is 5.78. The molecule has 0 fully saturated rings. The maximum Gasteiger partial charge on any atom is 0.264 e. The lowest BCUT2D eigenvalue weighted by molar-refractivity contribution is 0.210. The van der Waals surface area contributed by atoms with Gasteiger partial charge in [0.05, 0.1) is 17.1 Å². The van der Waals surface area contributed by atoms with Gasteiger partial charge in [-0.2, -0.15) is 4.98 Å². The molecule has 0 saturated heterocycles.